The molecule has 1 aromatic rings. The van der Waals surface area contributed by atoms with Crippen LogP contribution in [0.15, 0.2) is 28.2 Å². The normalized spacial score (nSPS) is 10.7. The zero-order valence-corrected chi connectivity index (χ0v) is 11.3. The van der Waals surface area contributed by atoms with Gasteiger partial charge in [-0.15, -0.1) is 0 Å². The van der Waals surface area contributed by atoms with Gasteiger partial charge < -0.3 is 25.9 Å². The van der Waals surface area contributed by atoms with Gasteiger partial charge >= 0.3 is 5.97 Å². The first-order chi connectivity index (χ1) is 8.49. The number of carboxylic acids is 1. The van der Waals surface area contributed by atoms with E-state index >= 15 is 0 Å². The van der Waals surface area contributed by atoms with Crippen LogP contribution in [0.2, 0.25) is 0 Å². The van der Waals surface area contributed by atoms with Crippen molar-refractivity contribution in [2.24, 2.45) is 9.98 Å². The molecule has 1 aromatic carbocycles. The van der Waals surface area contributed by atoms with Gasteiger partial charge in [-0.1, -0.05) is 0 Å². The third-order valence-corrected chi connectivity index (χ3v) is 1.86. The Morgan fingerprint density at radius 2 is 1.95 bits per heavy atom. The minimum atomic E-state index is -1.19. The molecule has 9 heteroatoms. The molecule has 0 bridgehead atoms. The van der Waals surface area contributed by atoms with Crippen LogP contribution >= 0.6 is 0 Å². The number of benzene rings is 1. The summed E-state index contributed by atoms with van der Waals surface area (Å²) < 4.78 is 0. The van der Waals surface area contributed by atoms with Gasteiger partial charge in [0.1, 0.15) is 18.0 Å². The Balaban J connectivity index is 0. The zero-order chi connectivity index (χ0) is 13.5. The molecule has 1 radical (unpaired) electrons. The third-order valence-electron chi connectivity index (χ3n) is 1.86. The van der Waals surface area contributed by atoms with E-state index in [1.807, 2.05) is 0 Å². The number of aromatic hydroxyl groups is 2. The molecular weight excluding hydrogens is 311 g/mol. The minimum absolute atomic E-state index is 0. The molecule has 0 aliphatic heterocycles. The number of phenolic OH excluding ortho intramolecular Hbond substituents is 2. The predicted octanol–water partition coefficient (Wildman–Crippen LogP) is -1.47. The fourth-order valence-corrected chi connectivity index (χ4v) is 1.07. The first kappa shape index (κ1) is 20.2. The summed E-state index contributed by atoms with van der Waals surface area (Å²) in [5.41, 5.74) is 0.332. The molecule has 0 spiro atoms. The smallest absolute Gasteiger partial charge is 0.325 e. The maximum atomic E-state index is 11.0. The van der Waals surface area contributed by atoms with Crippen molar-refractivity contribution in [1.29, 1.82) is 0 Å². The van der Waals surface area contributed by atoms with Crippen LogP contribution in [0.4, 0.5) is 0 Å². The molecule has 5 N–H and O–H groups in total. The predicted molar refractivity (Wildman–Crippen MR) is 65.8 cm³/mol. The van der Waals surface area contributed by atoms with Crippen molar-refractivity contribution in [1.82, 2.24) is 0 Å². The summed E-state index contributed by atoms with van der Waals surface area (Å²) >= 11 is 0. The minimum Gasteiger partial charge on any atom is -0.861 e. The van der Waals surface area contributed by atoms with Gasteiger partial charge in [0.2, 0.25) is 0 Å². The Hall–Kier alpha value is -2.09. The summed E-state index contributed by atoms with van der Waals surface area (Å²) in [7, 11) is 0. The number of aliphatic carboxylic acids is 1. The van der Waals surface area contributed by atoms with E-state index < -0.39 is 18.4 Å². The molecule has 0 aliphatic rings. The van der Waals surface area contributed by atoms with Crippen molar-refractivity contribution < 1.29 is 47.8 Å². The maximum absolute atomic E-state index is 11.0. The van der Waals surface area contributed by atoms with Crippen LogP contribution in [-0.4, -0.2) is 52.0 Å². The van der Waals surface area contributed by atoms with Crippen LogP contribution < -0.4 is 5.11 Å². The van der Waals surface area contributed by atoms with Gasteiger partial charge in [-0.3, -0.25) is 14.8 Å². The van der Waals surface area contributed by atoms with Crippen LogP contribution in [0.1, 0.15) is 5.56 Å². The molecule has 1 rings (SSSR count). The number of rotatable bonds is 5. The van der Waals surface area contributed by atoms with Gasteiger partial charge in [0.05, 0.1) is 6.54 Å². The fraction of sp³-hybridized carbons (Fsp3) is 0.182. The molecule has 0 saturated heterocycles. The largest absolute Gasteiger partial charge is 0.861 e. The summed E-state index contributed by atoms with van der Waals surface area (Å²) in [6.45, 7) is -0.883. The van der Waals surface area contributed by atoms with E-state index in [4.69, 9.17) is 10.2 Å². The number of carboxylic acid groups (broad SMARTS) is 1. The Morgan fingerprint density at radius 1 is 1.30 bits per heavy atom. The molecule has 0 heterocycles. The standard InChI is InChI=1S/C11H12N2O5.Mn.H2O/c14-8-2-1-7(9(15)3-8)4-12-5-10(16)13-6-11(17)18;;/h1-4,14-15H,5-6H2,(H,13,16)(H,17,18);;1H2/p-1. The van der Waals surface area contributed by atoms with Gasteiger partial charge in [-0.25, -0.2) is 0 Å². The molecule has 0 saturated carbocycles. The Bertz CT molecular complexity index is 504. The summed E-state index contributed by atoms with van der Waals surface area (Å²) in [5, 5.41) is 37.8. The number of hydrogen-bond donors (Lipinski definition) is 3. The molecule has 0 amide bonds. The summed E-state index contributed by atoms with van der Waals surface area (Å²) in [6, 6.07) is 3.92. The number of aliphatic imine (C=N–C) groups is 2. The van der Waals surface area contributed by atoms with Crippen molar-refractivity contribution in [3.8, 4) is 11.5 Å². The quantitative estimate of drug-likeness (QED) is 0.342. The molecular formula is C11H13MnN2O6-. The fourth-order valence-electron chi connectivity index (χ4n) is 1.07. The van der Waals surface area contributed by atoms with Crippen LogP contribution in [0.25, 0.3) is 0 Å². The van der Waals surface area contributed by atoms with Crippen molar-refractivity contribution >= 4 is 18.1 Å². The van der Waals surface area contributed by atoms with Gasteiger partial charge in [0.25, 0.3) is 0 Å². The molecule has 0 fully saturated rings. The van der Waals surface area contributed by atoms with Crippen molar-refractivity contribution in [3.63, 3.8) is 0 Å². The first-order valence-electron chi connectivity index (χ1n) is 4.93. The molecule has 0 unspecified atom stereocenters. The van der Waals surface area contributed by atoms with Crippen LogP contribution in [-0.2, 0) is 21.9 Å². The summed E-state index contributed by atoms with van der Waals surface area (Å²) in [6.07, 6.45) is 1.24. The van der Waals surface area contributed by atoms with Gasteiger partial charge in [-0.2, -0.15) is 0 Å². The second-order valence-electron chi connectivity index (χ2n) is 3.32. The number of hydrogen-bond acceptors (Lipinski definition) is 6. The number of nitrogens with zero attached hydrogens (tertiary/aromatic N) is 2. The monoisotopic (exact) mass is 324 g/mol. The topological polar surface area (TPSA) is 157 Å². The summed E-state index contributed by atoms with van der Waals surface area (Å²) in [4.78, 5) is 17.1. The molecule has 0 aromatic heterocycles. The second kappa shape index (κ2) is 9.79. The van der Waals surface area contributed by atoms with Crippen molar-refractivity contribution in [2.75, 3.05) is 13.1 Å². The maximum Gasteiger partial charge on any atom is 0.325 e. The number of carbonyl (C=O) groups is 1. The van der Waals surface area contributed by atoms with E-state index in [0.29, 0.717) is 5.56 Å². The van der Waals surface area contributed by atoms with Crippen molar-refractivity contribution in [3.05, 3.63) is 23.8 Å². The van der Waals surface area contributed by atoms with Crippen LogP contribution in [0, 0.1) is 0 Å². The SMILES string of the molecule is O.O=C(O)CN=C([O-])CN=Cc1ccc(O)cc1O.[Mn]. The second-order valence-corrected chi connectivity index (χ2v) is 3.32. The van der Waals surface area contributed by atoms with Gasteiger partial charge in [-0.05, 0) is 18.0 Å². The molecule has 0 atom stereocenters. The van der Waals surface area contributed by atoms with E-state index in [1.54, 1.807) is 0 Å². The van der Waals surface area contributed by atoms with E-state index in [2.05, 4.69) is 9.98 Å². The van der Waals surface area contributed by atoms with Gasteiger partial charge in [0, 0.05) is 34.9 Å². The van der Waals surface area contributed by atoms with Crippen LogP contribution in [0.5, 0.6) is 11.5 Å². The molecule has 8 nitrogen and oxygen atoms in total. The van der Waals surface area contributed by atoms with E-state index in [1.165, 1.54) is 18.3 Å². The van der Waals surface area contributed by atoms with Crippen molar-refractivity contribution in [2.45, 2.75) is 0 Å². The first-order valence-corrected chi connectivity index (χ1v) is 4.93. The number of phenols is 2. The third kappa shape index (κ3) is 7.37. The average molecular weight is 324 g/mol. The molecule has 111 valence electrons. The Labute approximate surface area is 124 Å². The zero-order valence-electron chi connectivity index (χ0n) is 10.2. The van der Waals surface area contributed by atoms with Crippen LogP contribution in [0.3, 0.4) is 0 Å². The van der Waals surface area contributed by atoms with E-state index in [0.717, 1.165) is 6.07 Å². The Morgan fingerprint density at radius 3 is 2.50 bits per heavy atom. The van der Waals surface area contributed by atoms with E-state index in [9.17, 15) is 15.0 Å². The molecule has 0 aliphatic carbocycles. The molecule has 20 heavy (non-hydrogen) atoms. The Kier molecular flexibility index (Phi) is 9.90. The van der Waals surface area contributed by atoms with Gasteiger partial charge in [0.15, 0.2) is 0 Å². The average Bonchev–Trinajstić information content (AvgIpc) is 2.29. The summed E-state index contributed by atoms with van der Waals surface area (Å²) in [5.74, 6) is -2.11. The van der Waals surface area contributed by atoms with E-state index in [-0.39, 0.29) is 40.6 Å².